The van der Waals surface area contributed by atoms with Crippen LogP contribution in [-0.2, 0) is 20.1 Å². The fraction of sp³-hybridized carbons (Fsp3) is 0.243. The summed E-state index contributed by atoms with van der Waals surface area (Å²) in [4.78, 5) is 9.02. The zero-order valence-electron chi connectivity index (χ0n) is 24.5. The number of benzene rings is 3. The quantitative estimate of drug-likeness (QED) is 0.132. The van der Waals surface area contributed by atoms with Gasteiger partial charge in [0, 0.05) is 45.3 Å². The molecule has 1 fully saturated rings. The van der Waals surface area contributed by atoms with Crippen molar-refractivity contribution in [1.82, 2.24) is 9.97 Å². The molecule has 0 N–H and O–H groups in total. The van der Waals surface area contributed by atoms with Crippen molar-refractivity contribution in [3.8, 4) is 22.5 Å². The molecule has 0 amide bonds. The Bertz CT molecular complexity index is 1750. The molecular formula is C37H36IrN2SSi-2. The van der Waals surface area contributed by atoms with Crippen molar-refractivity contribution in [2.45, 2.75) is 57.7 Å². The molecule has 42 heavy (non-hydrogen) atoms. The van der Waals surface area contributed by atoms with Gasteiger partial charge in [0.05, 0.1) is 0 Å². The number of aromatic nitrogens is 2. The molecule has 3 aromatic heterocycles. The third-order valence-electron chi connectivity index (χ3n) is 8.03. The molecule has 0 spiro atoms. The molecule has 1 aliphatic carbocycles. The van der Waals surface area contributed by atoms with Crippen molar-refractivity contribution in [2.24, 2.45) is 0 Å². The van der Waals surface area contributed by atoms with E-state index in [1.165, 1.54) is 63.0 Å². The van der Waals surface area contributed by atoms with E-state index in [9.17, 15) is 0 Å². The Morgan fingerprint density at radius 1 is 0.786 bits per heavy atom. The van der Waals surface area contributed by atoms with Crippen LogP contribution in [0.3, 0.4) is 0 Å². The summed E-state index contributed by atoms with van der Waals surface area (Å²) >= 11 is 1.86. The molecular weight excluding hydrogens is 725 g/mol. The number of thiophene rings is 1. The topological polar surface area (TPSA) is 25.8 Å². The molecule has 2 nitrogen and oxygen atoms in total. The minimum Gasteiger partial charge on any atom is -0.305 e. The van der Waals surface area contributed by atoms with Gasteiger partial charge in [-0.25, -0.2) is 0 Å². The summed E-state index contributed by atoms with van der Waals surface area (Å²) in [5.41, 5.74) is 5.74. The van der Waals surface area contributed by atoms with Gasteiger partial charge in [0.15, 0.2) is 0 Å². The van der Waals surface area contributed by atoms with Crippen LogP contribution in [-0.4, -0.2) is 18.0 Å². The van der Waals surface area contributed by atoms with Gasteiger partial charge in [-0.3, -0.25) is 0 Å². The maximum atomic E-state index is 4.55. The number of rotatable bonds is 4. The first-order valence-corrected chi connectivity index (χ1v) is 19.0. The van der Waals surface area contributed by atoms with Crippen molar-refractivity contribution >= 4 is 44.8 Å². The Morgan fingerprint density at radius 3 is 2.29 bits per heavy atom. The Labute approximate surface area is 268 Å². The van der Waals surface area contributed by atoms with Crippen LogP contribution in [0, 0.1) is 12.1 Å². The second kappa shape index (κ2) is 13.6. The van der Waals surface area contributed by atoms with Gasteiger partial charge in [-0.05, 0) is 58.4 Å². The van der Waals surface area contributed by atoms with E-state index in [1.54, 1.807) is 0 Å². The van der Waals surface area contributed by atoms with Crippen LogP contribution < -0.4 is 5.19 Å². The second-order valence-corrected chi connectivity index (χ2v) is 18.0. The molecule has 5 heteroatoms. The van der Waals surface area contributed by atoms with Crippen LogP contribution >= 0.6 is 11.3 Å². The molecule has 1 radical (unpaired) electrons. The van der Waals surface area contributed by atoms with Crippen molar-refractivity contribution in [3.05, 3.63) is 115 Å². The number of fused-ring (bicyclic) bond motifs is 3. The molecule has 1 saturated carbocycles. The Morgan fingerprint density at radius 2 is 1.55 bits per heavy atom. The first-order valence-electron chi connectivity index (χ1n) is 14.7. The van der Waals surface area contributed by atoms with Gasteiger partial charge < -0.3 is 9.97 Å². The Hall–Kier alpha value is -2.95. The van der Waals surface area contributed by atoms with Crippen molar-refractivity contribution < 1.29 is 20.1 Å². The summed E-state index contributed by atoms with van der Waals surface area (Å²) in [7, 11) is -1.45. The van der Waals surface area contributed by atoms with Gasteiger partial charge >= 0.3 is 0 Å². The summed E-state index contributed by atoms with van der Waals surface area (Å²) in [5, 5.41) is 4.28. The maximum absolute atomic E-state index is 4.55. The number of nitrogens with zero attached hydrogens (tertiary/aromatic N) is 2. The summed E-state index contributed by atoms with van der Waals surface area (Å²) in [5.74, 6) is 0.740. The van der Waals surface area contributed by atoms with Gasteiger partial charge in [0.25, 0.3) is 0 Å². The van der Waals surface area contributed by atoms with Gasteiger partial charge in [-0.2, -0.15) is 11.3 Å². The van der Waals surface area contributed by atoms with E-state index in [0.29, 0.717) is 0 Å². The molecule has 0 atom stereocenters. The molecule has 7 rings (SSSR count). The fourth-order valence-electron chi connectivity index (χ4n) is 5.90. The van der Waals surface area contributed by atoms with Gasteiger partial charge in [0.1, 0.15) is 0 Å². The van der Waals surface area contributed by atoms with E-state index >= 15 is 0 Å². The monoisotopic (exact) mass is 761 g/mol. The molecule has 0 unspecified atom stereocenters. The van der Waals surface area contributed by atoms with Crippen LogP contribution in [0.5, 0.6) is 0 Å². The molecule has 6 aromatic rings. The molecule has 1 aliphatic rings. The van der Waals surface area contributed by atoms with Crippen LogP contribution in [0.1, 0.15) is 43.6 Å². The summed E-state index contributed by atoms with van der Waals surface area (Å²) in [6.45, 7) is 7.22. The molecule has 3 heterocycles. The standard InChI is InChI=1S/C20H18NSSi.C17H18N.Ir/c1-23(2,3)18-12-11-14(16-9-6-7-13-21-16)20-19(18)15-8-4-5-10-17(15)22-20;1-3-7-14(8-4-1)16-11-12-18-17(13-16)15-9-5-2-6-10-15;/h4-10,12-13H,1-3H3;2,5-6,9,11-14H,1,3-4,7-8H2;/q2*-1;. The molecule has 0 saturated heterocycles. The van der Waals surface area contributed by atoms with E-state index in [2.05, 4.69) is 96.3 Å². The summed E-state index contributed by atoms with van der Waals surface area (Å²) in [6, 6.07) is 36.3. The van der Waals surface area contributed by atoms with E-state index in [1.807, 2.05) is 54.1 Å². The minimum absolute atomic E-state index is 0. The van der Waals surface area contributed by atoms with Crippen molar-refractivity contribution in [1.29, 1.82) is 0 Å². The van der Waals surface area contributed by atoms with Gasteiger partial charge in [0.2, 0.25) is 0 Å². The molecule has 0 aliphatic heterocycles. The Balaban J connectivity index is 0.000000169. The van der Waals surface area contributed by atoms with Gasteiger partial charge in [-0.1, -0.05) is 86.3 Å². The van der Waals surface area contributed by atoms with E-state index in [0.717, 1.165) is 28.4 Å². The zero-order chi connectivity index (χ0) is 28.2. The largest absolute Gasteiger partial charge is 0.305 e. The van der Waals surface area contributed by atoms with Crippen molar-refractivity contribution in [2.75, 3.05) is 0 Å². The average molecular weight is 761 g/mol. The smallest absolute Gasteiger partial charge is 0.0300 e. The Kier molecular flexibility index (Phi) is 9.85. The summed E-state index contributed by atoms with van der Waals surface area (Å²) in [6.07, 6.45) is 10.6. The van der Waals surface area contributed by atoms with Crippen molar-refractivity contribution in [3.63, 3.8) is 0 Å². The van der Waals surface area contributed by atoms with E-state index in [-0.39, 0.29) is 20.1 Å². The van der Waals surface area contributed by atoms with Crippen LogP contribution in [0.25, 0.3) is 42.7 Å². The first kappa shape index (κ1) is 30.5. The zero-order valence-corrected chi connectivity index (χ0v) is 28.7. The molecule has 0 bridgehead atoms. The minimum atomic E-state index is -1.45. The second-order valence-electron chi connectivity index (χ2n) is 11.9. The maximum Gasteiger partial charge on any atom is 0.0300 e. The predicted molar refractivity (Wildman–Crippen MR) is 179 cm³/mol. The number of hydrogen-bond acceptors (Lipinski definition) is 3. The van der Waals surface area contributed by atoms with Crippen LogP contribution in [0.4, 0.5) is 0 Å². The number of hydrogen-bond donors (Lipinski definition) is 0. The SMILES string of the molecule is C[Si](C)(C)c1c[c-]c(-c2ccccn2)c2sc3ccccc3c12.[Ir].[c-]1ccccc1-c1cc(C2CCCCC2)ccn1. The third-order valence-corrected chi connectivity index (χ3v) is 11.2. The molecule has 215 valence electrons. The first-order chi connectivity index (χ1) is 20.0. The fourth-order valence-corrected chi connectivity index (χ4v) is 8.74. The normalized spacial score (nSPS) is 13.8. The summed E-state index contributed by atoms with van der Waals surface area (Å²) < 4.78 is 2.67. The predicted octanol–water partition coefficient (Wildman–Crippen LogP) is 10.1. The van der Waals surface area contributed by atoms with Crippen LogP contribution in [0.15, 0.2) is 97.3 Å². The number of pyridine rings is 2. The van der Waals surface area contributed by atoms with E-state index < -0.39 is 8.07 Å². The van der Waals surface area contributed by atoms with Crippen LogP contribution in [0.2, 0.25) is 19.6 Å². The van der Waals surface area contributed by atoms with Gasteiger partial charge in [-0.15, -0.1) is 58.8 Å². The van der Waals surface area contributed by atoms with E-state index in [4.69, 9.17) is 0 Å². The third kappa shape index (κ3) is 6.66. The molecule has 3 aromatic carbocycles. The average Bonchev–Trinajstić information content (AvgIpc) is 3.41.